The second kappa shape index (κ2) is 7.44. The van der Waals surface area contributed by atoms with Crippen molar-refractivity contribution in [3.8, 4) is 0 Å². The van der Waals surface area contributed by atoms with Crippen LogP contribution in [0.2, 0.25) is 0 Å². The van der Waals surface area contributed by atoms with E-state index in [0.717, 1.165) is 32.1 Å². The number of nitrogens with one attached hydrogen (secondary N) is 1. The molecule has 0 bridgehead atoms. The van der Waals surface area contributed by atoms with Crippen LogP contribution in [-0.2, 0) is 4.79 Å². The Morgan fingerprint density at radius 2 is 2.00 bits per heavy atom. The maximum absolute atomic E-state index is 12.0. The molecule has 0 aliphatic heterocycles. The van der Waals surface area contributed by atoms with Crippen LogP contribution in [0.1, 0.15) is 56.9 Å². The number of carbonyl (C=O) groups is 1. The fraction of sp³-hybridized carbons (Fsp3) is 0.588. The van der Waals surface area contributed by atoms with Crippen molar-refractivity contribution in [1.29, 1.82) is 0 Å². The summed E-state index contributed by atoms with van der Waals surface area (Å²) in [4.78, 5) is 12.0. The van der Waals surface area contributed by atoms with Crippen molar-refractivity contribution in [3.63, 3.8) is 0 Å². The number of aliphatic hydroxyl groups is 1. The quantitative estimate of drug-likeness (QED) is 0.868. The first-order valence-corrected chi connectivity index (χ1v) is 7.69. The van der Waals surface area contributed by atoms with E-state index in [4.69, 9.17) is 0 Å². The minimum absolute atomic E-state index is 0.0386. The normalized spacial score (nSPS) is 24.1. The van der Waals surface area contributed by atoms with E-state index in [0.29, 0.717) is 12.3 Å². The Kier molecular flexibility index (Phi) is 5.60. The highest BCUT2D eigenvalue weighted by Crippen LogP contribution is 2.21. The number of amides is 1. The van der Waals surface area contributed by atoms with E-state index in [9.17, 15) is 9.90 Å². The number of aliphatic hydroxyl groups excluding tert-OH is 1. The summed E-state index contributed by atoms with van der Waals surface area (Å²) in [6.45, 7) is 2.15. The van der Waals surface area contributed by atoms with Crippen LogP contribution < -0.4 is 5.32 Å². The van der Waals surface area contributed by atoms with E-state index >= 15 is 0 Å². The Labute approximate surface area is 121 Å². The summed E-state index contributed by atoms with van der Waals surface area (Å²) in [6.07, 6.45) is 4.89. The summed E-state index contributed by atoms with van der Waals surface area (Å²) < 4.78 is 0. The first-order chi connectivity index (χ1) is 9.66. The van der Waals surface area contributed by atoms with Crippen LogP contribution in [0.25, 0.3) is 0 Å². The summed E-state index contributed by atoms with van der Waals surface area (Å²) in [5.41, 5.74) is 1.28. The molecule has 1 aliphatic rings. The molecule has 0 heterocycles. The number of carbonyl (C=O) groups excluding carboxylic acids is 1. The minimum Gasteiger partial charge on any atom is -0.391 e. The zero-order chi connectivity index (χ0) is 14.4. The van der Waals surface area contributed by atoms with Gasteiger partial charge in [-0.3, -0.25) is 4.79 Å². The van der Waals surface area contributed by atoms with Crippen LogP contribution in [0.15, 0.2) is 30.3 Å². The molecule has 1 aromatic carbocycles. The van der Waals surface area contributed by atoms with E-state index in [2.05, 4.69) is 24.4 Å². The second-order valence-electron chi connectivity index (χ2n) is 5.88. The molecule has 0 spiro atoms. The molecule has 3 heteroatoms. The second-order valence-corrected chi connectivity index (χ2v) is 5.88. The number of rotatable bonds is 5. The molecule has 2 rings (SSSR count). The molecule has 20 heavy (non-hydrogen) atoms. The van der Waals surface area contributed by atoms with Crippen molar-refractivity contribution in [2.45, 2.75) is 63.5 Å². The summed E-state index contributed by atoms with van der Waals surface area (Å²) in [6, 6.07) is 10.2. The van der Waals surface area contributed by atoms with Crippen molar-refractivity contribution in [3.05, 3.63) is 35.9 Å². The van der Waals surface area contributed by atoms with Gasteiger partial charge < -0.3 is 10.4 Å². The van der Waals surface area contributed by atoms with Gasteiger partial charge in [0.1, 0.15) is 0 Å². The lowest BCUT2D eigenvalue weighted by atomic mass is 9.92. The molecule has 1 saturated carbocycles. The molecule has 1 fully saturated rings. The van der Waals surface area contributed by atoms with Crippen LogP contribution in [0.4, 0.5) is 0 Å². The van der Waals surface area contributed by atoms with E-state index in [1.165, 1.54) is 5.56 Å². The van der Waals surface area contributed by atoms with Crippen LogP contribution >= 0.6 is 0 Å². The number of hydrogen-bond acceptors (Lipinski definition) is 2. The fourth-order valence-corrected chi connectivity index (χ4v) is 2.85. The molecule has 3 nitrogen and oxygen atoms in total. The molecule has 3 unspecified atom stereocenters. The van der Waals surface area contributed by atoms with Gasteiger partial charge in [0.15, 0.2) is 0 Å². The topological polar surface area (TPSA) is 49.3 Å². The van der Waals surface area contributed by atoms with Crippen LogP contribution in [-0.4, -0.2) is 23.2 Å². The molecule has 1 aromatic rings. The third-order valence-corrected chi connectivity index (χ3v) is 4.25. The van der Waals surface area contributed by atoms with E-state index in [1.807, 2.05) is 18.2 Å². The lowest BCUT2D eigenvalue weighted by Gasteiger charge is -2.28. The maximum Gasteiger partial charge on any atom is 0.220 e. The first-order valence-electron chi connectivity index (χ1n) is 7.69. The van der Waals surface area contributed by atoms with Gasteiger partial charge in [-0.25, -0.2) is 0 Å². The van der Waals surface area contributed by atoms with Gasteiger partial charge in [0.05, 0.1) is 12.1 Å². The molecule has 110 valence electrons. The highest BCUT2D eigenvalue weighted by atomic mass is 16.3. The third-order valence-electron chi connectivity index (χ3n) is 4.25. The number of hydrogen-bond donors (Lipinski definition) is 2. The average molecular weight is 275 g/mol. The van der Waals surface area contributed by atoms with Crippen LogP contribution in [0, 0.1) is 0 Å². The minimum atomic E-state index is -0.362. The van der Waals surface area contributed by atoms with Crippen molar-refractivity contribution < 1.29 is 9.90 Å². The third kappa shape index (κ3) is 4.34. The van der Waals surface area contributed by atoms with Crippen molar-refractivity contribution >= 4 is 5.91 Å². The van der Waals surface area contributed by atoms with Gasteiger partial charge in [-0.1, -0.05) is 50.1 Å². The monoisotopic (exact) mass is 275 g/mol. The van der Waals surface area contributed by atoms with Crippen LogP contribution in [0.5, 0.6) is 0 Å². The lowest BCUT2D eigenvalue weighted by Crippen LogP contribution is -2.45. The zero-order valence-electron chi connectivity index (χ0n) is 12.2. The van der Waals surface area contributed by atoms with Gasteiger partial charge >= 0.3 is 0 Å². The Hall–Kier alpha value is -1.35. The van der Waals surface area contributed by atoms with Gasteiger partial charge in [0.2, 0.25) is 5.91 Å². The molecule has 2 N–H and O–H groups in total. The Morgan fingerprint density at radius 1 is 1.30 bits per heavy atom. The van der Waals surface area contributed by atoms with Crippen molar-refractivity contribution in [1.82, 2.24) is 5.32 Å². The molecule has 0 aromatic heterocycles. The predicted octanol–water partition coefficient (Wildman–Crippen LogP) is 2.99. The first kappa shape index (κ1) is 15.0. The summed E-state index contributed by atoms with van der Waals surface area (Å²) in [5, 5.41) is 12.8. The molecular formula is C17H25NO2. The van der Waals surface area contributed by atoms with Crippen molar-refractivity contribution in [2.75, 3.05) is 0 Å². The van der Waals surface area contributed by atoms with E-state index < -0.39 is 0 Å². The Balaban J connectivity index is 1.74. The van der Waals surface area contributed by atoms with Gasteiger partial charge in [-0.05, 0) is 30.7 Å². The molecule has 1 amide bonds. The highest BCUT2D eigenvalue weighted by molar-refractivity contribution is 5.76. The van der Waals surface area contributed by atoms with Gasteiger partial charge in [0.25, 0.3) is 0 Å². The molecular weight excluding hydrogens is 250 g/mol. The largest absolute Gasteiger partial charge is 0.391 e. The standard InChI is InChI=1S/C17H25NO2/c1-13(14-7-3-2-4-8-14)11-12-17(20)18-15-9-5-6-10-16(15)19/h2-4,7-8,13,15-16,19H,5-6,9-12H2,1H3,(H,18,20). The predicted molar refractivity (Wildman–Crippen MR) is 80.5 cm³/mol. The molecule has 0 saturated heterocycles. The number of benzene rings is 1. The molecule has 1 aliphatic carbocycles. The Morgan fingerprint density at radius 3 is 2.70 bits per heavy atom. The highest BCUT2D eigenvalue weighted by Gasteiger charge is 2.24. The van der Waals surface area contributed by atoms with Gasteiger partial charge in [0, 0.05) is 6.42 Å². The Bertz CT molecular complexity index is 418. The van der Waals surface area contributed by atoms with Crippen molar-refractivity contribution in [2.24, 2.45) is 0 Å². The SMILES string of the molecule is CC(CCC(=O)NC1CCCCC1O)c1ccccc1. The van der Waals surface area contributed by atoms with Gasteiger partial charge in [-0.15, -0.1) is 0 Å². The summed E-state index contributed by atoms with van der Waals surface area (Å²) in [5.74, 6) is 0.456. The lowest BCUT2D eigenvalue weighted by molar-refractivity contribution is -0.123. The average Bonchev–Trinajstić information content (AvgIpc) is 2.48. The zero-order valence-corrected chi connectivity index (χ0v) is 12.2. The van der Waals surface area contributed by atoms with Gasteiger partial charge in [-0.2, -0.15) is 0 Å². The molecule has 0 radical (unpaired) electrons. The smallest absolute Gasteiger partial charge is 0.220 e. The maximum atomic E-state index is 12.0. The summed E-state index contributed by atoms with van der Waals surface area (Å²) >= 11 is 0. The van der Waals surface area contributed by atoms with E-state index in [-0.39, 0.29) is 18.1 Å². The summed E-state index contributed by atoms with van der Waals surface area (Å²) in [7, 11) is 0. The molecule has 3 atom stereocenters. The van der Waals surface area contributed by atoms with E-state index in [1.54, 1.807) is 0 Å². The fourth-order valence-electron chi connectivity index (χ4n) is 2.85. The van der Waals surface area contributed by atoms with Crippen LogP contribution in [0.3, 0.4) is 0 Å².